The quantitative estimate of drug-likeness (QED) is 0.713. The highest BCUT2D eigenvalue weighted by Gasteiger charge is 2.20. The minimum atomic E-state index is 0.377. The third-order valence-corrected chi connectivity index (χ3v) is 5.64. The number of aromatic hydroxyl groups is 1. The molecule has 0 atom stereocenters. The summed E-state index contributed by atoms with van der Waals surface area (Å²) in [6, 6.07) is 18.5. The van der Waals surface area contributed by atoms with Crippen molar-refractivity contribution in [1.29, 1.82) is 0 Å². The Bertz CT molecular complexity index is 668. The van der Waals surface area contributed by atoms with Gasteiger partial charge >= 0.3 is 0 Å². The number of phenolic OH excluding ortho intramolecular Hbond substituents is 1. The minimum absolute atomic E-state index is 0.377. The number of nitrogens with two attached hydrogens (primary N) is 1. The molecular formula is C23H33N3O. The molecule has 0 amide bonds. The number of piperidine rings is 1. The normalized spacial score (nSPS) is 16.1. The molecule has 0 aliphatic carbocycles. The minimum Gasteiger partial charge on any atom is -0.508 e. The zero-order chi connectivity index (χ0) is 18.9. The van der Waals surface area contributed by atoms with Crippen molar-refractivity contribution in [3.05, 3.63) is 65.7 Å². The van der Waals surface area contributed by atoms with Gasteiger partial charge in [0.15, 0.2) is 0 Å². The lowest BCUT2D eigenvalue weighted by atomic mass is 9.89. The molecule has 0 unspecified atom stereocenters. The first-order valence-electron chi connectivity index (χ1n) is 10.2. The van der Waals surface area contributed by atoms with Crippen molar-refractivity contribution in [3.8, 4) is 5.75 Å². The molecule has 146 valence electrons. The van der Waals surface area contributed by atoms with Crippen LogP contribution >= 0.6 is 0 Å². The van der Waals surface area contributed by atoms with Gasteiger partial charge in [0, 0.05) is 25.2 Å². The molecule has 2 aromatic rings. The maximum Gasteiger partial charge on any atom is 0.120 e. The van der Waals surface area contributed by atoms with Crippen molar-refractivity contribution >= 4 is 0 Å². The van der Waals surface area contributed by atoms with Crippen molar-refractivity contribution in [2.24, 2.45) is 5.73 Å². The molecule has 2 aromatic carbocycles. The van der Waals surface area contributed by atoms with E-state index in [9.17, 15) is 5.11 Å². The van der Waals surface area contributed by atoms with E-state index < -0.39 is 0 Å². The summed E-state index contributed by atoms with van der Waals surface area (Å²) >= 11 is 0. The van der Waals surface area contributed by atoms with Crippen LogP contribution in [0.5, 0.6) is 5.75 Å². The fourth-order valence-corrected chi connectivity index (χ4v) is 4.07. The van der Waals surface area contributed by atoms with Crippen molar-refractivity contribution in [2.75, 3.05) is 39.3 Å². The molecule has 1 saturated heterocycles. The van der Waals surface area contributed by atoms with Gasteiger partial charge in [-0.2, -0.15) is 0 Å². The van der Waals surface area contributed by atoms with Crippen LogP contribution < -0.4 is 5.73 Å². The van der Waals surface area contributed by atoms with Gasteiger partial charge in [-0.05, 0) is 63.0 Å². The Morgan fingerprint density at radius 1 is 0.963 bits per heavy atom. The predicted octanol–water partition coefficient (Wildman–Crippen LogP) is 3.42. The zero-order valence-corrected chi connectivity index (χ0v) is 16.3. The van der Waals surface area contributed by atoms with Crippen LogP contribution in [-0.4, -0.2) is 54.2 Å². The molecule has 0 spiro atoms. The van der Waals surface area contributed by atoms with Gasteiger partial charge in [-0.3, -0.25) is 4.90 Å². The molecule has 3 N–H and O–H groups in total. The smallest absolute Gasteiger partial charge is 0.120 e. The Morgan fingerprint density at radius 3 is 2.37 bits per heavy atom. The number of likely N-dealkylation sites (tertiary alicyclic amines) is 1. The predicted molar refractivity (Wildman–Crippen MR) is 112 cm³/mol. The molecule has 0 bridgehead atoms. The van der Waals surface area contributed by atoms with Crippen molar-refractivity contribution in [3.63, 3.8) is 0 Å². The summed E-state index contributed by atoms with van der Waals surface area (Å²) in [6.07, 6.45) is 3.66. The lowest BCUT2D eigenvalue weighted by Gasteiger charge is -2.32. The number of rotatable bonds is 9. The maximum absolute atomic E-state index is 10.0. The lowest BCUT2D eigenvalue weighted by Crippen LogP contribution is -2.36. The van der Waals surface area contributed by atoms with Crippen LogP contribution in [0.4, 0.5) is 0 Å². The van der Waals surface area contributed by atoms with Gasteiger partial charge in [0.05, 0.1) is 0 Å². The third kappa shape index (κ3) is 6.06. The van der Waals surface area contributed by atoms with Gasteiger partial charge < -0.3 is 15.7 Å². The van der Waals surface area contributed by atoms with Gasteiger partial charge in [-0.25, -0.2) is 0 Å². The van der Waals surface area contributed by atoms with E-state index in [1.807, 2.05) is 18.2 Å². The summed E-state index contributed by atoms with van der Waals surface area (Å²) in [4.78, 5) is 4.95. The van der Waals surface area contributed by atoms with Crippen LogP contribution in [0.1, 0.15) is 36.3 Å². The molecule has 4 nitrogen and oxygen atoms in total. The van der Waals surface area contributed by atoms with E-state index >= 15 is 0 Å². The van der Waals surface area contributed by atoms with E-state index in [0.29, 0.717) is 12.3 Å². The number of para-hydroxylation sites is 1. The number of phenols is 1. The van der Waals surface area contributed by atoms with E-state index in [1.165, 1.54) is 31.5 Å². The molecule has 1 heterocycles. The lowest BCUT2D eigenvalue weighted by molar-refractivity contribution is 0.190. The number of hydrogen-bond acceptors (Lipinski definition) is 4. The number of hydrogen-bond donors (Lipinski definition) is 2. The molecule has 1 aliphatic heterocycles. The van der Waals surface area contributed by atoms with Crippen LogP contribution in [0.2, 0.25) is 0 Å². The molecule has 4 heteroatoms. The van der Waals surface area contributed by atoms with Gasteiger partial charge in [0.25, 0.3) is 0 Å². The summed E-state index contributed by atoms with van der Waals surface area (Å²) in [7, 11) is 0. The van der Waals surface area contributed by atoms with Crippen molar-refractivity contribution in [2.45, 2.75) is 31.7 Å². The van der Waals surface area contributed by atoms with E-state index in [0.717, 1.165) is 44.1 Å². The SMILES string of the molecule is NCCN(CCCN1CCC(c2ccccc2)CC1)Cc1ccccc1O. The van der Waals surface area contributed by atoms with Crippen LogP contribution in [0.25, 0.3) is 0 Å². The second kappa shape index (κ2) is 10.5. The van der Waals surface area contributed by atoms with E-state index in [2.05, 4.69) is 40.1 Å². The highest BCUT2D eigenvalue weighted by Crippen LogP contribution is 2.27. The molecule has 0 saturated carbocycles. The first-order valence-corrected chi connectivity index (χ1v) is 10.2. The first kappa shape index (κ1) is 19.9. The third-order valence-electron chi connectivity index (χ3n) is 5.64. The maximum atomic E-state index is 10.0. The molecular weight excluding hydrogens is 334 g/mol. The molecule has 0 aromatic heterocycles. The van der Waals surface area contributed by atoms with Gasteiger partial charge in [-0.1, -0.05) is 48.5 Å². The van der Waals surface area contributed by atoms with Crippen molar-refractivity contribution < 1.29 is 5.11 Å². The summed E-state index contributed by atoms with van der Waals surface area (Å²) in [5.74, 6) is 1.10. The second-order valence-electron chi connectivity index (χ2n) is 7.57. The Morgan fingerprint density at radius 2 is 1.67 bits per heavy atom. The standard InChI is InChI=1S/C23H33N3O/c24-13-18-26(19-22-9-4-5-10-23(22)27)15-6-14-25-16-11-21(12-17-25)20-7-2-1-3-8-20/h1-5,7-10,21,27H,6,11-19,24H2. The van der Waals surface area contributed by atoms with Gasteiger partial charge in [0.2, 0.25) is 0 Å². The summed E-state index contributed by atoms with van der Waals surface area (Å²) < 4.78 is 0. The second-order valence-corrected chi connectivity index (χ2v) is 7.57. The Labute approximate surface area is 163 Å². The van der Waals surface area contributed by atoms with Crippen LogP contribution in [0.15, 0.2) is 54.6 Å². The fraction of sp³-hybridized carbons (Fsp3) is 0.478. The summed E-state index contributed by atoms with van der Waals surface area (Å²) in [5, 5.41) is 10.0. The summed E-state index contributed by atoms with van der Waals surface area (Å²) in [6.45, 7) is 6.82. The average Bonchev–Trinajstić information content (AvgIpc) is 2.71. The number of benzene rings is 2. The van der Waals surface area contributed by atoms with Gasteiger partial charge in [0.1, 0.15) is 5.75 Å². The molecule has 0 radical (unpaired) electrons. The largest absolute Gasteiger partial charge is 0.508 e. The Hall–Kier alpha value is -1.88. The fourth-order valence-electron chi connectivity index (χ4n) is 4.07. The average molecular weight is 368 g/mol. The van der Waals surface area contributed by atoms with E-state index in [4.69, 9.17) is 5.73 Å². The molecule has 3 rings (SSSR count). The topological polar surface area (TPSA) is 52.7 Å². The Kier molecular flexibility index (Phi) is 7.69. The van der Waals surface area contributed by atoms with Crippen molar-refractivity contribution in [1.82, 2.24) is 9.80 Å². The Balaban J connectivity index is 1.41. The highest BCUT2D eigenvalue weighted by molar-refractivity contribution is 5.31. The zero-order valence-electron chi connectivity index (χ0n) is 16.3. The van der Waals surface area contributed by atoms with Crippen LogP contribution in [0, 0.1) is 0 Å². The molecule has 1 fully saturated rings. The van der Waals surface area contributed by atoms with Crippen LogP contribution in [0.3, 0.4) is 0 Å². The van der Waals surface area contributed by atoms with E-state index in [1.54, 1.807) is 6.07 Å². The number of nitrogens with zero attached hydrogens (tertiary/aromatic N) is 2. The molecule has 27 heavy (non-hydrogen) atoms. The first-order chi connectivity index (χ1) is 13.3. The van der Waals surface area contributed by atoms with Gasteiger partial charge in [-0.15, -0.1) is 0 Å². The summed E-state index contributed by atoms with van der Waals surface area (Å²) in [5.41, 5.74) is 8.27. The van der Waals surface area contributed by atoms with E-state index in [-0.39, 0.29) is 0 Å². The highest BCUT2D eigenvalue weighted by atomic mass is 16.3. The van der Waals surface area contributed by atoms with Crippen LogP contribution in [-0.2, 0) is 6.54 Å². The molecule has 1 aliphatic rings. The monoisotopic (exact) mass is 367 g/mol.